The summed E-state index contributed by atoms with van der Waals surface area (Å²) >= 11 is 0. The molecular weight excluding hydrogens is 307 g/mol. The number of aromatic nitrogens is 1. The third-order valence-corrected chi connectivity index (χ3v) is 4.52. The molecule has 2 heterocycles. The predicted octanol–water partition coefficient (Wildman–Crippen LogP) is 3.71. The van der Waals surface area contributed by atoms with E-state index in [0.29, 0.717) is 34.8 Å². The molecule has 1 saturated heterocycles. The molecule has 128 valence electrons. The van der Waals surface area contributed by atoms with Crippen LogP contribution in [0.3, 0.4) is 0 Å². The first-order chi connectivity index (χ1) is 11.5. The van der Waals surface area contributed by atoms with Gasteiger partial charge in [-0.25, -0.2) is 4.39 Å². The summed E-state index contributed by atoms with van der Waals surface area (Å²) in [6, 6.07) is 6.15. The Balaban J connectivity index is 1.72. The third-order valence-electron chi connectivity index (χ3n) is 4.52. The van der Waals surface area contributed by atoms with Gasteiger partial charge in [-0.3, -0.25) is 9.78 Å². The molecule has 0 bridgehead atoms. The second-order valence-corrected chi connectivity index (χ2v) is 6.48. The maximum absolute atomic E-state index is 13.4. The standard InChI is InChI=1S/C19H23FN2O2/c1-13-11-17(16-8-7-14(20)12-18(16)21-13)19(23)22(2)9-3-5-15-6-4-10-24-15/h7-8,11-12,15H,3-6,9-10H2,1-2H3/t15-/m0/s1. The molecule has 0 radical (unpaired) electrons. The second-order valence-electron chi connectivity index (χ2n) is 6.48. The Hall–Kier alpha value is -2.01. The number of halogens is 1. The van der Waals surface area contributed by atoms with E-state index in [2.05, 4.69) is 4.98 Å². The molecule has 24 heavy (non-hydrogen) atoms. The van der Waals surface area contributed by atoms with Crippen molar-refractivity contribution in [2.45, 2.75) is 38.7 Å². The Morgan fingerprint density at radius 2 is 2.25 bits per heavy atom. The lowest BCUT2D eigenvalue weighted by molar-refractivity contribution is 0.0764. The second kappa shape index (κ2) is 7.26. The van der Waals surface area contributed by atoms with E-state index in [1.807, 2.05) is 14.0 Å². The Kier molecular flexibility index (Phi) is 5.09. The van der Waals surface area contributed by atoms with Crippen LogP contribution in [-0.4, -0.2) is 42.1 Å². The quantitative estimate of drug-likeness (QED) is 0.839. The van der Waals surface area contributed by atoms with E-state index in [1.165, 1.54) is 12.1 Å². The van der Waals surface area contributed by atoms with Gasteiger partial charge < -0.3 is 9.64 Å². The largest absolute Gasteiger partial charge is 0.378 e. The summed E-state index contributed by atoms with van der Waals surface area (Å²) in [5, 5.41) is 0.693. The van der Waals surface area contributed by atoms with E-state index in [9.17, 15) is 9.18 Å². The van der Waals surface area contributed by atoms with Gasteiger partial charge in [0.2, 0.25) is 0 Å². The number of amides is 1. The zero-order valence-electron chi connectivity index (χ0n) is 14.2. The molecule has 0 N–H and O–H groups in total. The molecule has 1 aliphatic rings. The molecule has 1 amide bonds. The lowest BCUT2D eigenvalue weighted by Gasteiger charge is -2.19. The van der Waals surface area contributed by atoms with E-state index in [1.54, 1.807) is 17.0 Å². The fourth-order valence-corrected chi connectivity index (χ4v) is 3.25. The number of nitrogens with zero attached hydrogens (tertiary/aromatic N) is 2. The van der Waals surface area contributed by atoms with Crippen molar-refractivity contribution in [3.8, 4) is 0 Å². The number of pyridine rings is 1. The topological polar surface area (TPSA) is 42.4 Å². The van der Waals surface area contributed by atoms with Gasteiger partial charge in [-0.1, -0.05) is 0 Å². The van der Waals surface area contributed by atoms with Crippen molar-refractivity contribution in [2.24, 2.45) is 0 Å². The highest BCUT2D eigenvalue weighted by Crippen LogP contribution is 2.21. The van der Waals surface area contributed by atoms with Crippen molar-refractivity contribution >= 4 is 16.8 Å². The van der Waals surface area contributed by atoms with Gasteiger partial charge in [-0.15, -0.1) is 0 Å². The number of rotatable bonds is 5. The molecule has 0 unspecified atom stereocenters. The summed E-state index contributed by atoms with van der Waals surface area (Å²) in [4.78, 5) is 18.9. The average molecular weight is 330 g/mol. The van der Waals surface area contributed by atoms with Gasteiger partial charge in [0.15, 0.2) is 0 Å². The van der Waals surface area contributed by atoms with Crippen molar-refractivity contribution in [1.29, 1.82) is 0 Å². The smallest absolute Gasteiger partial charge is 0.254 e. The Morgan fingerprint density at radius 3 is 3.00 bits per heavy atom. The number of carbonyl (C=O) groups excluding carboxylic acids is 1. The van der Waals surface area contributed by atoms with Gasteiger partial charge in [-0.05, 0) is 50.8 Å². The molecule has 0 saturated carbocycles. The maximum Gasteiger partial charge on any atom is 0.254 e. The van der Waals surface area contributed by atoms with Gasteiger partial charge >= 0.3 is 0 Å². The molecule has 3 rings (SSSR count). The summed E-state index contributed by atoms with van der Waals surface area (Å²) in [6.45, 7) is 3.36. The van der Waals surface area contributed by atoms with E-state index in [-0.39, 0.29) is 11.7 Å². The Morgan fingerprint density at radius 1 is 1.42 bits per heavy atom. The maximum atomic E-state index is 13.4. The monoisotopic (exact) mass is 330 g/mol. The van der Waals surface area contributed by atoms with Crippen LogP contribution in [0.5, 0.6) is 0 Å². The van der Waals surface area contributed by atoms with Crippen LogP contribution in [0.4, 0.5) is 4.39 Å². The van der Waals surface area contributed by atoms with Crippen LogP contribution in [0, 0.1) is 12.7 Å². The lowest BCUT2D eigenvalue weighted by Crippen LogP contribution is -2.28. The fourth-order valence-electron chi connectivity index (χ4n) is 3.25. The summed E-state index contributed by atoms with van der Waals surface area (Å²) < 4.78 is 19.0. The number of aryl methyl sites for hydroxylation is 1. The highest BCUT2D eigenvalue weighted by atomic mass is 19.1. The third kappa shape index (κ3) is 3.73. The molecule has 1 aromatic heterocycles. The molecule has 1 aromatic carbocycles. The molecule has 5 heteroatoms. The van der Waals surface area contributed by atoms with E-state index >= 15 is 0 Å². The first-order valence-corrected chi connectivity index (χ1v) is 8.48. The molecule has 2 aromatic rings. The minimum atomic E-state index is -0.344. The van der Waals surface area contributed by atoms with Crippen molar-refractivity contribution in [3.63, 3.8) is 0 Å². The normalized spacial score (nSPS) is 17.4. The van der Waals surface area contributed by atoms with Gasteiger partial charge in [0, 0.05) is 37.3 Å². The van der Waals surface area contributed by atoms with E-state index in [0.717, 1.165) is 32.3 Å². The number of carbonyl (C=O) groups is 1. The van der Waals surface area contributed by atoms with Crippen molar-refractivity contribution in [2.75, 3.05) is 20.2 Å². The van der Waals surface area contributed by atoms with Crippen molar-refractivity contribution in [3.05, 3.63) is 41.3 Å². The van der Waals surface area contributed by atoms with Crippen LogP contribution in [0.1, 0.15) is 41.7 Å². The van der Waals surface area contributed by atoms with E-state index in [4.69, 9.17) is 4.74 Å². The van der Waals surface area contributed by atoms with Crippen molar-refractivity contribution < 1.29 is 13.9 Å². The number of ether oxygens (including phenoxy) is 1. The highest BCUT2D eigenvalue weighted by molar-refractivity contribution is 6.06. The lowest BCUT2D eigenvalue weighted by atomic mass is 10.1. The van der Waals surface area contributed by atoms with Gasteiger partial charge in [0.25, 0.3) is 5.91 Å². The first kappa shape index (κ1) is 16.8. The summed E-state index contributed by atoms with van der Waals surface area (Å²) in [5.41, 5.74) is 1.81. The zero-order chi connectivity index (χ0) is 17.1. The summed E-state index contributed by atoms with van der Waals surface area (Å²) in [6.07, 6.45) is 4.51. The number of fused-ring (bicyclic) bond motifs is 1. The van der Waals surface area contributed by atoms with Crippen LogP contribution in [0.2, 0.25) is 0 Å². The van der Waals surface area contributed by atoms with Gasteiger partial charge in [0.05, 0.1) is 17.2 Å². The SMILES string of the molecule is Cc1cc(C(=O)N(C)CCC[C@H]2CCCO2)c2ccc(F)cc2n1. The highest BCUT2D eigenvalue weighted by Gasteiger charge is 2.18. The Bertz CT molecular complexity index is 736. The fraction of sp³-hybridized carbons (Fsp3) is 0.474. The molecule has 1 atom stereocenters. The molecule has 0 spiro atoms. The molecule has 1 aliphatic heterocycles. The number of hydrogen-bond acceptors (Lipinski definition) is 3. The number of benzene rings is 1. The molecule has 4 nitrogen and oxygen atoms in total. The van der Waals surface area contributed by atoms with Crippen LogP contribution in [0.15, 0.2) is 24.3 Å². The van der Waals surface area contributed by atoms with Gasteiger partial charge in [0.1, 0.15) is 5.82 Å². The predicted molar refractivity (Wildman–Crippen MR) is 91.6 cm³/mol. The van der Waals surface area contributed by atoms with Gasteiger partial charge in [-0.2, -0.15) is 0 Å². The minimum Gasteiger partial charge on any atom is -0.378 e. The minimum absolute atomic E-state index is 0.0514. The van der Waals surface area contributed by atoms with Crippen LogP contribution in [0.25, 0.3) is 10.9 Å². The first-order valence-electron chi connectivity index (χ1n) is 8.48. The summed E-state index contributed by atoms with van der Waals surface area (Å²) in [7, 11) is 1.81. The molecule has 1 fully saturated rings. The van der Waals surface area contributed by atoms with Crippen LogP contribution >= 0.6 is 0 Å². The molecule has 0 aliphatic carbocycles. The molecular formula is C19H23FN2O2. The van der Waals surface area contributed by atoms with E-state index < -0.39 is 0 Å². The van der Waals surface area contributed by atoms with Crippen LogP contribution < -0.4 is 0 Å². The average Bonchev–Trinajstić information content (AvgIpc) is 3.06. The Labute approximate surface area is 141 Å². The summed E-state index contributed by atoms with van der Waals surface area (Å²) in [5.74, 6) is -0.395. The zero-order valence-corrected chi connectivity index (χ0v) is 14.2. The number of hydrogen-bond donors (Lipinski definition) is 0. The van der Waals surface area contributed by atoms with Crippen molar-refractivity contribution in [1.82, 2.24) is 9.88 Å². The van der Waals surface area contributed by atoms with Crippen LogP contribution in [-0.2, 0) is 4.74 Å².